The number of rotatable bonds is 5. The van der Waals surface area contributed by atoms with Gasteiger partial charge in [0.2, 0.25) is 21.9 Å². The number of amides is 1. The molecule has 1 saturated heterocycles. The van der Waals surface area contributed by atoms with Crippen LogP contribution in [-0.2, 0) is 14.8 Å². The van der Waals surface area contributed by atoms with Gasteiger partial charge in [-0.15, -0.1) is 0 Å². The van der Waals surface area contributed by atoms with E-state index in [9.17, 15) is 13.2 Å². The van der Waals surface area contributed by atoms with Crippen molar-refractivity contribution < 1.29 is 13.2 Å². The van der Waals surface area contributed by atoms with Gasteiger partial charge in [-0.1, -0.05) is 0 Å². The van der Waals surface area contributed by atoms with E-state index in [0.717, 1.165) is 12.4 Å². The Bertz CT molecular complexity index is 558. The first-order valence-electron chi connectivity index (χ1n) is 5.59. The minimum Gasteiger partial charge on any atom is -0.352 e. The van der Waals surface area contributed by atoms with Crippen molar-refractivity contribution in [2.75, 3.05) is 12.0 Å². The first-order valence-corrected chi connectivity index (χ1v) is 7.07. The molecule has 0 aromatic carbocycles. The van der Waals surface area contributed by atoms with E-state index in [1.165, 1.54) is 0 Å². The Morgan fingerprint density at radius 2 is 2.11 bits per heavy atom. The normalized spacial score (nSPS) is 19.2. The van der Waals surface area contributed by atoms with Gasteiger partial charge in [-0.2, -0.15) is 0 Å². The van der Waals surface area contributed by atoms with E-state index < -0.39 is 10.0 Å². The molecule has 1 aliphatic rings. The van der Waals surface area contributed by atoms with Gasteiger partial charge < -0.3 is 5.32 Å². The molecule has 1 aromatic heterocycles. The molecule has 1 amide bonds. The predicted molar refractivity (Wildman–Crippen MR) is 66.2 cm³/mol. The van der Waals surface area contributed by atoms with Crippen LogP contribution in [0.3, 0.4) is 0 Å². The van der Waals surface area contributed by atoms with Crippen molar-refractivity contribution in [1.29, 1.82) is 0 Å². The topological polar surface area (TPSA) is 139 Å². The average molecular weight is 286 g/mol. The standard InChI is InChI=1S/C9H14N6O3S/c10-15-9-11-4-7(5-12-9)19(17,18)13-3-6-1-2-8(16)14-6/h4-6,13H,1-3,10H2,(H,14,16)(H,11,12,15). The summed E-state index contributed by atoms with van der Waals surface area (Å²) < 4.78 is 26.2. The summed E-state index contributed by atoms with van der Waals surface area (Å²) in [6.07, 6.45) is 3.34. The third kappa shape index (κ3) is 3.36. The maximum atomic E-state index is 11.9. The SMILES string of the molecule is NNc1ncc(S(=O)(=O)NCC2CCC(=O)N2)cn1. The van der Waals surface area contributed by atoms with Crippen LogP contribution in [0.25, 0.3) is 0 Å². The Balaban J connectivity index is 1.99. The van der Waals surface area contributed by atoms with Crippen LogP contribution in [0.5, 0.6) is 0 Å². The number of nitrogen functional groups attached to an aromatic ring is 1. The molecule has 0 radical (unpaired) electrons. The highest BCUT2D eigenvalue weighted by molar-refractivity contribution is 7.89. The monoisotopic (exact) mass is 286 g/mol. The van der Waals surface area contributed by atoms with Crippen LogP contribution in [0.2, 0.25) is 0 Å². The summed E-state index contributed by atoms with van der Waals surface area (Å²) in [6.45, 7) is 0.144. The molecule has 104 valence electrons. The molecule has 1 atom stereocenters. The molecule has 0 spiro atoms. The molecular weight excluding hydrogens is 272 g/mol. The van der Waals surface area contributed by atoms with Gasteiger partial charge in [0, 0.05) is 19.0 Å². The minimum absolute atomic E-state index is 0.0594. The lowest BCUT2D eigenvalue weighted by Crippen LogP contribution is -2.38. The lowest BCUT2D eigenvalue weighted by Gasteiger charge is -2.11. The number of carbonyl (C=O) groups excluding carboxylic acids is 1. The molecule has 5 N–H and O–H groups in total. The number of aromatic nitrogens is 2. The van der Waals surface area contributed by atoms with Crippen molar-refractivity contribution in [1.82, 2.24) is 20.0 Å². The number of hydrogen-bond acceptors (Lipinski definition) is 7. The van der Waals surface area contributed by atoms with Crippen molar-refractivity contribution in [3.05, 3.63) is 12.4 Å². The average Bonchev–Trinajstić information content (AvgIpc) is 2.82. The van der Waals surface area contributed by atoms with Crippen molar-refractivity contribution in [2.24, 2.45) is 5.84 Å². The largest absolute Gasteiger partial charge is 0.352 e. The number of nitrogens with two attached hydrogens (primary N) is 1. The van der Waals surface area contributed by atoms with Crippen LogP contribution in [0.4, 0.5) is 5.95 Å². The van der Waals surface area contributed by atoms with Gasteiger partial charge >= 0.3 is 0 Å². The Labute approximate surface area is 110 Å². The lowest BCUT2D eigenvalue weighted by atomic mass is 10.2. The number of sulfonamides is 1. The van der Waals surface area contributed by atoms with E-state index >= 15 is 0 Å². The molecule has 2 rings (SSSR count). The van der Waals surface area contributed by atoms with E-state index in [0.29, 0.717) is 12.8 Å². The summed E-state index contributed by atoms with van der Waals surface area (Å²) in [6, 6.07) is -0.173. The molecule has 2 heterocycles. The second kappa shape index (κ2) is 5.47. The zero-order valence-electron chi connectivity index (χ0n) is 9.96. The van der Waals surface area contributed by atoms with E-state index in [1.54, 1.807) is 0 Å². The third-order valence-electron chi connectivity index (χ3n) is 2.67. The molecular formula is C9H14N6O3S. The fourth-order valence-electron chi connectivity index (χ4n) is 1.65. The molecule has 1 aromatic rings. The summed E-state index contributed by atoms with van der Waals surface area (Å²) in [5.41, 5.74) is 2.20. The zero-order chi connectivity index (χ0) is 13.9. The van der Waals surface area contributed by atoms with Gasteiger partial charge in [-0.3, -0.25) is 10.2 Å². The van der Waals surface area contributed by atoms with Crippen LogP contribution in [0.15, 0.2) is 17.3 Å². The molecule has 0 bridgehead atoms. The maximum absolute atomic E-state index is 11.9. The van der Waals surface area contributed by atoms with E-state index in [4.69, 9.17) is 5.84 Å². The van der Waals surface area contributed by atoms with Gasteiger partial charge in [0.25, 0.3) is 0 Å². The van der Waals surface area contributed by atoms with Crippen molar-refractivity contribution in [3.63, 3.8) is 0 Å². The summed E-state index contributed by atoms with van der Waals surface area (Å²) in [5, 5.41) is 2.67. The number of nitrogens with one attached hydrogen (secondary N) is 3. The lowest BCUT2D eigenvalue weighted by molar-refractivity contribution is -0.119. The molecule has 9 nitrogen and oxygen atoms in total. The van der Waals surface area contributed by atoms with Gasteiger partial charge in [0.05, 0.1) is 12.4 Å². The van der Waals surface area contributed by atoms with Crippen LogP contribution in [-0.4, -0.2) is 36.9 Å². The van der Waals surface area contributed by atoms with Gasteiger partial charge in [0.15, 0.2) is 0 Å². The smallest absolute Gasteiger partial charge is 0.243 e. The first kappa shape index (κ1) is 13.6. The summed E-state index contributed by atoms with van der Waals surface area (Å²) in [7, 11) is -3.69. The second-order valence-corrected chi connectivity index (χ2v) is 5.81. The summed E-state index contributed by atoms with van der Waals surface area (Å²) >= 11 is 0. The van der Waals surface area contributed by atoms with Crippen molar-refractivity contribution in [3.8, 4) is 0 Å². The minimum atomic E-state index is -3.69. The highest BCUT2D eigenvalue weighted by atomic mass is 32.2. The van der Waals surface area contributed by atoms with E-state index in [1.807, 2.05) is 0 Å². The summed E-state index contributed by atoms with van der Waals surface area (Å²) in [5.74, 6) is 5.15. The number of anilines is 1. The molecule has 0 saturated carbocycles. The number of nitrogens with zero attached hydrogens (tertiary/aromatic N) is 2. The molecule has 10 heteroatoms. The van der Waals surface area contributed by atoms with E-state index in [-0.39, 0.29) is 29.3 Å². The highest BCUT2D eigenvalue weighted by Gasteiger charge is 2.23. The first-order chi connectivity index (χ1) is 9.01. The Hall–Kier alpha value is -1.78. The molecule has 1 aliphatic heterocycles. The van der Waals surface area contributed by atoms with Crippen LogP contribution < -0.4 is 21.3 Å². The fourth-order valence-corrected chi connectivity index (χ4v) is 2.62. The van der Waals surface area contributed by atoms with Gasteiger partial charge in [0.1, 0.15) is 4.90 Å². The Morgan fingerprint density at radius 3 is 2.63 bits per heavy atom. The molecule has 19 heavy (non-hydrogen) atoms. The van der Waals surface area contributed by atoms with Crippen molar-refractivity contribution in [2.45, 2.75) is 23.8 Å². The predicted octanol–water partition coefficient (Wildman–Crippen LogP) is -1.68. The van der Waals surface area contributed by atoms with Crippen LogP contribution in [0.1, 0.15) is 12.8 Å². The Kier molecular flexibility index (Phi) is 3.93. The quantitative estimate of drug-likeness (QED) is 0.374. The zero-order valence-corrected chi connectivity index (χ0v) is 10.8. The third-order valence-corrected chi connectivity index (χ3v) is 4.05. The molecule has 1 fully saturated rings. The number of hydrazine groups is 1. The van der Waals surface area contributed by atoms with E-state index in [2.05, 4.69) is 25.4 Å². The fraction of sp³-hybridized carbons (Fsp3) is 0.444. The van der Waals surface area contributed by atoms with Crippen molar-refractivity contribution >= 4 is 21.9 Å². The van der Waals surface area contributed by atoms with Crippen LogP contribution >= 0.6 is 0 Å². The molecule has 1 unspecified atom stereocenters. The Morgan fingerprint density at radius 1 is 1.42 bits per heavy atom. The second-order valence-electron chi connectivity index (χ2n) is 4.04. The number of hydrogen-bond donors (Lipinski definition) is 4. The molecule has 0 aliphatic carbocycles. The van der Waals surface area contributed by atoms with Crippen LogP contribution in [0, 0.1) is 0 Å². The maximum Gasteiger partial charge on any atom is 0.243 e. The van der Waals surface area contributed by atoms with Gasteiger partial charge in [-0.25, -0.2) is 29.0 Å². The number of carbonyl (C=O) groups is 1. The highest BCUT2D eigenvalue weighted by Crippen LogP contribution is 2.09. The summed E-state index contributed by atoms with van der Waals surface area (Å²) in [4.78, 5) is 18.4. The van der Waals surface area contributed by atoms with Gasteiger partial charge in [-0.05, 0) is 6.42 Å².